The highest BCUT2D eigenvalue weighted by Gasteiger charge is 2.64. The highest BCUT2D eigenvalue weighted by molar-refractivity contribution is 7.86. The van der Waals surface area contributed by atoms with E-state index in [0.717, 1.165) is 5.56 Å². The smallest absolute Gasteiger partial charge is 0.338 e. The zero-order chi connectivity index (χ0) is 26.6. The third-order valence-electron chi connectivity index (χ3n) is 5.49. The molecule has 0 aliphatic carbocycles. The summed E-state index contributed by atoms with van der Waals surface area (Å²) in [5, 5.41) is 0. The zero-order valence-corrected chi connectivity index (χ0v) is 20.3. The Labute approximate surface area is 211 Å². The summed E-state index contributed by atoms with van der Waals surface area (Å²) >= 11 is 0. The van der Waals surface area contributed by atoms with E-state index in [1.807, 2.05) is 0 Å². The molecule has 0 radical (unpaired) electrons. The van der Waals surface area contributed by atoms with Crippen LogP contribution in [0.1, 0.15) is 26.3 Å². The lowest BCUT2D eigenvalue weighted by molar-refractivity contribution is -0.183. The molecule has 11 heteroatoms. The van der Waals surface area contributed by atoms with Crippen LogP contribution in [0.5, 0.6) is 0 Å². The predicted octanol–water partition coefficient (Wildman–Crippen LogP) is 4.14. The van der Waals surface area contributed by atoms with E-state index in [4.69, 9.17) is 18.4 Å². The first-order valence-corrected chi connectivity index (χ1v) is 12.5. The van der Waals surface area contributed by atoms with Gasteiger partial charge in [0.15, 0.2) is 0 Å². The largest absolute Gasteiger partial charge is 0.459 e. The third-order valence-corrected chi connectivity index (χ3v) is 6.76. The molecule has 3 aromatic carbocycles. The van der Waals surface area contributed by atoms with Gasteiger partial charge in [-0.3, -0.25) is 0 Å². The summed E-state index contributed by atoms with van der Waals surface area (Å²) in [6.07, 6.45) is -6.69. The molecule has 0 spiro atoms. The molecule has 1 aliphatic rings. The number of hydrogen-bond donors (Lipinski definition) is 0. The van der Waals surface area contributed by atoms with Gasteiger partial charge >= 0.3 is 17.9 Å². The molecule has 4 rings (SSSR count). The van der Waals surface area contributed by atoms with Gasteiger partial charge in [0.05, 0.1) is 16.0 Å². The van der Waals surface area contributed by atoms with Crippen molar-refractivity contribution in [2.75, 3.05) is 6.61 Å². The van der Waals surface area contributed by atoms with Crippen LogP contribution in [-0.2, 0) is 28.5 Å². The highest BCUT2D eigenvalue weighted by Crippen LogP contribution is 2.41. The Bertz CT molecular complexity index is 1350. The lowest BCUT2D eigenvalue weighted by Crippen LogP contribution is -2.45. The zero-order valence-electron chi connectivity index (χ0n) is 19.5. The van der Waals surface area contributed by atoms with Crippen LogP contribution in [-0.4, -0.2) is 51.4 Å². The average Bonchev–Trinajstić information content (AvgIpc) is 3.12. The lowest BCUT2D eigenvalue weighted by Gasteiger charge is -2.23. The van der Waals surface area contributed by atoms with Gasteiger partial charge in [-0.2, -0.15) is 17.2 Å². The summed E-state index contributed by atoms with van der Waals surface area (Å²) in [5.41, 5.74) is 0.879. The second kappa shape index (κ2) is 10.8. The molecule has 0 unspecified atom stereocenters. The van der Waals surface area contributed by atoms with Gasteiger partial charge in [-0.25, -0.2) is 13.8 Å². The van der Waals surface area contributed by atoms with Crippen molar-refractivity contribution >= 4 is 22.1 Å². The average molecular weight is 533 g/mol. The van der Waals surface area contributed by atoms with E-state index in [2.05, 4.69) is 0 Å². The van der Waals surface area contributed by atoms with Gasteiger partial charge in [0.2, 0.25) is 12.4 Å². The molecule has 1 aliphatic heterocycles. The van der Waals surface area contributed by atoms with Crippen molar-refractivity contribution in [3.8, 4) is 0 Å². The Hall–Kier alpha value is -3.67. The van der Waals surface area contributed by atoms with E-state index >= 15 is 8.78 Å². The standard InChI is InChI=1S/C26H22F2O8S/c1-17-12-14-20(15-13-17)37(31,32)36-25-26(27,28)22(35-24(30)19-10-6-3-7-11-19)21(34-25)16-33-23(29)18-8-4-2-5-9-18/h2-15,21-22,25H,16H2,1H3/t21-,22-,25-/m1/s1. The van der Waals surface area contributed by atoms with Crippen LogP contribution in [0.25, 0.3) is 0 Å². The number of halogens is 2. The quantitative estimate of drug-likeness (QED) is 0.315. The van der Waals surface area contributed by atoms with E-state index in [-0.39, 0.29) is 16.0 Å². The molecule has 1 fully saturated rings. The Morgan fingerprint density at radius 2 is 1.41 bits per heavy atom. The molecule has 0 bridgehead atoms. The summed E-state index contributed by atoms with van der Waals surface area (Å²) in [4.78, 5) is 24.5. The summed E-state index contributed by atoms with van der Waals surface area (Å²) < 4.78 is 76.3. The maximum atomic E-state index is 15.4. The van der Waals surface area contributed by atoms with Crippen molar-refractivity contribution in [1.82, 2.24) is 0 Å². The van der Waals surface area contributed by atoms with Crippen LogP contribution in [0.15, 0.2) is 89.8 Å². The fraction of sp³-hybridized carbons (Fsp3) is 0.231. The molecule has 37 heavy (non-hydrogen) atoms. The second-order valence-electron chi connectivity index (χ2n) is 8.20. The molecule has 1 heterocycles. The van der Waals surface area contributed by atoms with Crippen LogP contribution in [0, 0.1) is 6.92 Å². The summed E-state index contributed by atoms with van der Waals surface area (Å²) in [5.74, 6) is -6.06. The van der Waals surface area contributed by atoms with Gasteiger partial charge in [0, 0.05) is 0 Å². The normalized spacial score (nSPS) is 20.8. The van der Waals surface area contributed by atoms with Crippen LogP contribution in [0.4, 0.5) is 8.78 Å². The summed E-state index contributed by atoms with van der Waals surface area (Å²) in [6.45, 7) is 0.957. The Morgan fingerprint density at radius 1 is 0.865 bits per heavy atom. The molecule has 0 saturated carbocycles. The van der Waals surface area contributed by atoms with Crippen molar-refractivity contribution in [2.24, 2.45) is 0 Å². The Balaban J connectivity index is 1.57. The molecule has 3 atom stereocenters. The number of esters is 2. The van der Waals surface area contributed by atoms with E-state index < -0.39 is 53.1 Å². The number of rotatable bonds is 8. The highest BCUT2D eigenvalue weighted by atomic mass is 32.2. The minimum Gasteiger partial charge on any atom is -0.459 e. The van der Waals surface area contributed by atoms with Crippen LogP contribution in [0.3, 0.4) is 0 Å². The van der Waals surface area contributed by atoms with Gasteiger partial charge in [-0.15, -0.1) is 0 Å². The Kier molecular flexibility index (Phi) is 7.67. The van der Waals surface area contributed by atoms with E-state index in [1.54, 1.807) is 31.2 Å². The van der Waals surface area contributed by atoms with Crippen LogP contribution >= 0.6 is 0 Å². The molecular weight excluding hydrogens is 510 g/mol. The summed E-state index contributed by atoms with van der Waals surface area (Å²) in [7, 11) is -4.69. The summed E-state index contributed by atoms with van der Waals surface area (Å²) in [6, 6.07) is 20.5. The molecular formula is C26H22F2O8S. The molecule has 1 saturated heterocycles. The molecule has 194 valence electrons. The number of hydrogen-bond acceptors (Lipinski definition) is 8. The first kappa shape index (κ1) is 26.4. The van der Waals surface area contributed by atoms with Crippen molar-refractivity contribution in [3.63, 3.8) is 0 Å². The van der Waals surface area contributed by atoms with Crippen molar-refractivity contribution in [2.45, 2.75) is 36.2 Å². The number of alkyl halides is 2. The predicted molar refractivity (Wildman–Crippen MR) is 125 cm³/mol. The van der Waals surface area contributed by atoms with Gasteiger partial charge in [-0.05, 0) is 43.3 Å². The van der Waals surface area contributed by atoms with Crippen molar-refractivity contribution in [3.05, 3.63) is 102 Å². The minimum absolute atomic E-state index is 0.0185. The molecule has 0 N–H and O–H groups in total. The fourth-order valence-corrected chi connectivity index (χ4v) is 4.50. The SMILES string of the molecule is Cc1ccc(S(=O)(=O)O[C@H]2O[C@H](COC(=O)c3ccccc3)[C@@H](OC(=O)c3ccccc3)C2(F)F)cc1. The van der Waals surface area contributed by atoms with Crippen LogP contribution in [0.2, 0.25) is 0 Å². The maximum Gasteiger partial charge on any atom is 0.338 e. The molecule has 0 aromatic heterocycles. The van der Waals surface area contributed by atoms with Gasteiger partial charge in [0.25, 0.3) is 10.1 Å². The van der Waals surface area contributed by atoms with Gasteiger partial charge in [-0.1, -0.05) is 54.1 Å². The monoisotopic (exact) mass is 532 g/mol. The number of ether oxygens (including phenoxy) is 3. The van der Waals surface area contributed by atoms with Crippen molar-refractivity contribution < 1.29 is 45.2 Å². The molecule has 3 aromatic rings. The topological polar surface area (TPSA) is 105 Å². The number of benzene rings is 3. The second-order valence-corrected chi connectivity index (χ2v) is 9.77. The van der Waals surface area contributed by atoms with Gasteiger partial charge in [0.1, 0.15) is 12.7 Å². The van der Waals surface area contributed by atoms with Crippen LogP contribution < -0.4 is 0 Å². The molecule has 8 nitrogen and oxygen atoms in total. The minimum atomic E-state index is -4.69. The lowest BCUT2D eigenvalue weighted by atomic mass is 10.1. The van der Waals surface area contributed by atoms with E-state index in [9.17, 15) is 18.0 Å². The van der Waals surface area contributed by atoms with Gasteiger partial charge < -0.3 is 14.2 Å². The first-order chi connectivity index (χ1) is 17.6. The number of carbonyl (C=O) groups excluding carboxylic acids is 2. The maximum absolute atomic E-state index is 15.4. The first-order valence-electron chi connectivity index (χ1n) is 11.1. The fourth-order valence-electron chi connectivity index (χ4n) is 3.52. The Morgan fingerprint density at radius 3 is 1.97 bits per heavy atom. The third kappa shape index (κ3) is 6.01. The van der Waals surface area contributed by atoms with E-state index in [1.165, 1.54) is 60.7 Å². The molecule has 0 amide bonds. The van der Waals surface area contributed by atoms with E-state index in [0.29, 0.717) is 0 Å². The number of aryl methyl sites for hydroxylation is 1. The number of carbonyl (C=O) groups is 2. The van der Waals surface area contributed by atoms with Crippen molar-refractivity contribution in [1.29, 1.82) is 0 Å².